The predicted molar refractivity (Wildman–Crippen MR) is 103 cm³/mol. The molecule has 1 heterocycles. The molecule has 3 atom stereocenters. The summed E-state index contributed by atoms with van der Waals surface area (Å²) in [7, 11) is 0. The minimum Gasteiger partial charge on any atom is -0.377 e. The molecular weight excluding hydrogens is 314 g/mol. The Bertz CT molecular complexity index is 788. The number of hydrogen-bond acceptors (Lipinski definition) is 1. The van der Waals surface area contributed by atoms with Crippen molar-refractivity contribution in [2.45, 2.75) is 45.1 Å². The molecule has 0 radical (unpaired) electrons. The lowest BCUT2D eigenvalue weighted by molar-refractivity contribution is 0.425. The third-order valence-corrected chi connectivity index (χ3v) is 5.81. The average molecular weight is 338 g/mol. The summed E-state index contributed by atoms with van der Waals surface area (Å²) in [5, 5.41) is 4.67. The number of aryl methyl sites for hydroxylation is 1. The maximum atomic E-state index is 6.32. The Kier molecular flexibility index (Phi) is 3.92. The van der Waals surface area contributed by atoms with Gasteiger partial charge in [0, 0.05) is 16.6 Å². The van der Waals surface area contributed by atoms with Crippen LogP contribution < -0.4 is 5.32 Å². The van der Waals surface area contributed by atoms with Gasteiger partial charge in [-0.05, 0) is 59.6 Å². The lowest BCUT2D eigenvalue weighted by Gasteiger charge is -2.38. The Morgan fingerprint density at radius 1 is 1.12 bits per heavy atom. The summed E-state index contributed by atoms with van der Waals surface area (Å²) < 4.78 is 0. The van der Waals surface area contributed by atoms with E-state index in [2.05, 4.69) is 74.6 Å². The van der Waals surface area contributed by atoms with Crippen LogP contribution in [0.15, 0.2) is 48.6 Å². The van der Waals surface area contributed by atoms with Gasteiger partial charge in [-0.2, -0.15) is 0 Å². The number of allylic oxidation sites excluding steroid dienone is 2. The van der Waals surface area contributed by atoms with E-state index in [0.717, 1.165) is 11.4 Å². The van der Waals surface area contributed by atoms with Crippen LogP contribution in [0, 0.1) is 12.8 Å². The highest BCUT2D eigenvalue weighted by Gasteiger charge is 2.38. The molecule has 0 aromatic heterocycles. The van der Waals surface area contributed by atoms with Crippen LogP contribution in [-0.2, 0) is 0 Å². The maximum absolute atomic E-state index is 6.32. The molecule has 0 saturated carbocycles. The van der Waals surface area contributed by atoms with Crippen molar-refractivity contribution in [3.05, 3.63) is 75.8 Å². The second-order valence-electron chi connectivity index (χ2n) is 7.48. The Hall–Kier alpha value is -1.73. The molecule has 1 aliphatic heterocycles. The summed E-state index contributed by atoms with van der Waals surface area (Å²) in [6, 6.07) is 13.7. The van der Waals surface area contributed by atoms with Crippen molar-refractivity contribution in [3.8, 4) is 0 Å². The Morgan fingerprint density at radius 3 is 2.58 bits per heavy atom. The van der Waals surface area contributed by atoms with Gasteiger partial charge >= 0.3 is 0 Å². The molecular formula is C22H24ClN. The van der Waals surface area contributed by atoms with Gasteiger partial charge in [0.15, 0.2) is 0 Å². The van der Waals surface area contributed by atoms with E-state index in [4.69, 9.17) is 11.6 Å². The second kappa shape index (κ2) is 5.97. The topological polar surface area (TPSA) is 12.0 Å². The van der Waals surface area contributed by atoms with Crippen LogP contribution in [0.4, 0.5) is 5.69 Å². The van der Waals surface area contributed by atoms with Gasteiger partial charge in [0.1, 0.15) is 0 Å². The molecule has 2 aromatic rings. The molecule has 0 bridgehead atoms. The third kappa shape index (κ3) is 2.56. The van der Waals surface area contributed by atoms with E-state index in [0.29, 0.717) is 23.8 Å². The van der Waals surface area contributed by atoms with Crippen LogP contribution in [0.25, 0.3) is 0 Å². The number of nitrogens with one attached hydrogen (secondary N) is 1. The quantitative estimate of drug-likeness (QED) is 0.609. The van der Waals surface area contributed by atoms with E-state index >= 15 is 0 Å². The first-order chi connectivity index (χ1) is 11.5. The van der Waals surface area contributed by atoms with E-state index in [-0.39, 0.29) is 0 Å². The van der Waals surface area contributed by atoms with Crippen LogP contribution in [0.3, 0.4) is 0 Å². The van der Waals surface area contributed by atoms with E-state index in [1.54, 1.807) is 0 Å². The van der Waals surface area contributed by atoms with Crippen molar-refractivity contribution in [3.63, 3.8) is 0 Å². The average Bonchev–Trinajstić information content (AvgIpc) is 3.04. The fraction of sp³-hybridized carbons (Fsp3) is 0.364. The highest BCUT2D eigenvalue weighted by molar-refractivity contribution is 6.30. The van der Waals surface area contributed by atoms with Crippen molar-refractivity contribution < 1.29 is 0 Å². The van der Waals surface area contributed by atoms with Crippen LogP contribution in [0.5, 0.6) is 0 Å². The zero-order chi connectivity index (χ0) is 16.8. The highest BCUT2D eigenvalue weighted by atomic mass is 35.5. The fourth-order valence-electron chi connectivity index (χ4n) is 4.26. The Balaban J connectivity index is 1.75. The van der Waals surface area contributed by atoms with Crippen molar-refractivity contribution >= 4 is 17.3 Å². The molecule has 1 nitrogen and oxygen atoms in total. The summed E-state index contributed by atoms with van der Waals surface area (Å²) in [6.45, 7) is 6.64. The molecule has 2 aliphatic rings. The lowest BCUT2D eigenvalue weighted by Crippen LogP contribution is -2.29. The van der Waals surface area contributed by atoms with Crippen molar-refractivity contribution in [2.24, 2.45) is 5.92 Å². The summed E-state index contributed by atoms with van der Waals surface area (Å²) in [5.41, 5.74) is 6.65. The number of anilines is 1. The van der Waals surface area contributed by atoms with E-state index in [1.165, 1.54) is 27.9 Å². The molecule has 4 rings (SSSR count). The fourth-order valence-corrected chi connectivity index (χ4v) is 4.54. The van der Waals surface area contributed by atoms with Crippen molar-refractivity contribution in [1.29, 1.82) is 0 Å². The zero-order valence-corrected chi connectivity index (χ0v) is 15.3. The van der Waals surface area contributed by atoms with Crippen LogP contribution in [0.1, 0.15) is 60.4 Å². The molecule has 0 amide bonds. The van der Waals surface area contributed by atoms with Gasteiger partial charge in [-0.15, -0.1) is 0 Å². The normalized spacial score (nSPS) is 24.6. The molecule has 0 saturated heterocycles. The SMILES string of the molecule is Cc1cc(Cl)cc2c1N[C@H](c1ccc(C(C)C)cc1)[C@H]1CC=C[C@@H]21. The van der Waals surface area contributed by atoms with Gasteiger partial charge in [0.05, 0.1) is 6.04 Å². The smallest absolute Gasteiger partial charge is 0.0554 e. The monoisotopic (exact) mass is 337 g/mol. The molecule has 1 N–H and O–H groups in total. The zero-order valence-electron chi connectivity index (χ0n) is 14.5. The molecule has 0 spiro atoms. The number of benzene rings is 2. The predicted octanol–water partition coefficient (Wildman–Crippen LogP) is 6.60. The first-order valence-electron chi connectivity index (χ1n) is 8.87. The molecule has 2 aromatic carbocycles. The summed E-state index contributed by atoms with van der Waals surface area (Å²) in [5.74, 6) is 1.61. The standard InChI is InChI=1S/C22H24ClN/c1-13(2)15-7-9-16(10-8-15)22-19-6-4-5-18(19)20-12-17(23)11-14(3)21(20)24-22/h4-5,7-13,18-19,22,24H,6H2,1-3H3/t18-,19+,22-/m1/s1. The molecule has 2 heteroatoms. The summed E-state index contributed by atoms with van der Waals surface area (Å²) >= 11 is 6.32. The number of hydrogen-bond donors (Lipinski definition) is 1. The van der Waals surface area contributed by atoms with Crippen LogP contribution in [0.2, 0.25) is 5.02 Å². The molecule has 1 aliphatic carbocycles. The van der Waals surface area contributed by atoms with E-state index in [1.807, 2.05) is 0 Å². The lowest BCUT2D eigenvalue weighted by atomic mass is 9.76. The third-order valence-electron chi connectivity index (χ3n) is 5.59. The summed E-state index contributed by atoms with van der Waals surface area (Å²) in [4.78, 5) is 0. The van der Waals surface area contributed by atoms with Gasteiger partial charge in [-0.1, -0.05) is 61.9 Å². The summed E-state index contributed by atoms with van der Waals surface area (Å²) in [6.07, 6.45) is 5.83. The molecule has 124 valence electrons. The van der Waals surface area contributed by atoms with Gasteiger partial charge in [-0.3, -0.25) is 0 Å². The van der Waals surface area contributed by atoms with E-state index in [9.17, 15) is 0 Å². The molecule has 0 unspecified atom stereocenters. The van der Waals surface area contributed by atoms with Gasteiger partial charge in [0.25, 0.3) is 0 Å². The van der Waals surface area contributed by atoms with Gasteiger partial charge < -0.3 is 5.32 Å². The minimum absolute atomic E-state index is 0.360. The van der Waals surface area contributed by atoms with Crippen LogP contribution >= 0.6 is 11.6 Å². The maximum Gasteiger partial charge on any atom is 0.0554 e. The molecule has 0 fully saturated rings. The van der Waals surface area contributed by atoms with Crippen LogP contribution in [-0.4, -0.2) is 0 Å². The first-order valence-corrected chi connectivity index (χ1v) is 9.25. The van der Waals surface area contributed by atoms with Gasteiger partial charge in [0.2, 0.25) is 0 Å². The Labute approximate surface area is 149 Å². The number of fused-ring (bicyclic) bond motifs is 3. The molecule has 24 heavy (non-hydrogen) atoms. The second-order valence-corrected chi connectivity index (χ2v) is 7.92. The van der Waals surface area contributed by atoms with Crippen molar-refractivity contribution in [1.82, 2.24) is 0 Å². The van der Waals surface area contributed by atoms with Crippen molar-refractivity contribution in [2.75, 3.05) is 5.32 Å². The van der Waals surface area contributed by atoms with E-state index < -0.39 is 0 Å². The minimum atomic E-state index is 0.360. The first kappa shape index (κ1) is 15.8. The largest absolute Gasteiger partial charge is 0.377 e. The van der Waals surface area contributed by atoms with Gasteiger partial charge in [-0.25, -0.2) is 0 Å². The highest BCUT2D eigenvalue weighted by Crippen LogP contribution is 2.51. The number of rotatable bonds is 2. The number of halogens is 1. The Morgan fingerprint density at radius 2 is 1.88 bits per heavy atom.